The van der Waals surface area contributed by atoms with Gasteiger partial charge in [0.2, 0.25) is 0 Å². The van der Waals surface area contributed by atoms with Crippen LogP contribution in [0.15, 0.2) is 29.2 Å². The molecule has 0 unspecified atom stereocenters. The van der Waals surface area contributed by atoms with Gasteiger partial charge in [-0.15, -0.1) is 0 Å². The normalized spacial score (nSPS) is 26.4. The summed E-state index contributed by atoms with van der Waals surface area (Å²) in [6, 6.07) is 7.82. The Balaban J connectivity index is 1.66. The fourth-order valence-electron chi connectivity index (χ4n) is 4.52. The molecule has 0 spiro atoms. The van der Waals surface area contributed by atoms with E-state index in [4.69, 9.17) is 5.73 Å². The summed E-state index contributed by atoms with van der Waals surface area (Å²) < 4.78 is 25.8. The van der Waals surface area contributed by atoms with Crippen LogP contribution in [0.5, 0.6) is 0 Å². The number of sulfone groups is 1. The highest BCUT2D eigenvalue weighted by Gasteiger charge is 2.31. The summed E-state index contributed by atoms with van der Waals surface area (Å²) in [5.74, 6) is 1.25. The zero-order valence-corrected chi connectivity index (χ0v) is 15.4. The van der Waals surface area contributed by atoms with E-state index < -0.39 is 9.84 Å². The van der Waals surface area contributed by atoms with Gasteiger partial charge in [-0.1, -0.05) is 31.4 Å². The van der Waals surface area contributed by atoms with Crippen LogP contribution < -0.4 is 5.73 Å². The van der Waals surface area contributed by atoms with E-state index >= 15 is 0 Å². The zero-order chi connectivity index (χ0) is 17.0. The summed E-state index contributed by atoms with van der Waals surface area (Å²) in [7, 11) is -3.18. The van der Waals surface area contributed by atoms with Crippen molar-refractivity contribution < 1.29 is 8.42 Å². The first kappa shape index (κ1) is 17.9. The lowest BCUT2D eigenvalue weighted by Gasteiger charge is -2.28. The summed E-state index contributed by atoms with van der Waals surface area (Å²) in [4.78, 5) is 0.518. The molecular formula is C20H31NO2S. The minimum Gasteiger partial charge on any atom is -0.330 e. The van der Waals surface area contributed by atoms with E-state index in [1.165, 1.54) is 37.7 Å². The molecule has 1 aromatic rings. The maximum absolute atomic E-state index is 12.9. The third kappa shape index (κ3) is 4.02. The molecule has 2 saturated carbocycles. The Morgan fingerprint density at radius 1 is 0.875 bits per heavy atom. The molecule has 0 bridgehead atoms. The molecule has 2 fully saturated rings. The fourth-order valence-corrected chi connectivity index (χ4v) is 6.32. The first-order valence-corrected chi connectivity index (χ1v) is 11.2. The second-order valence-corrected chi connectivity index (χ2v) is 9.90. The van der Waals surface area contributed by atoms with E-state index in [9.17, 15) is 8.42 Å². The molecule has 0 heterocycles. The molecule has 4 heteroatoms. The van der Waals surface area contributed by atoms with Crippen molar-refractivity contribution in [3.63, 3.8) is 0 Å². The number of hydrogen-bond acceptors (Lipinski definition) is 3. The fraction of sp³-hybridized carbons (Fsp3) is 0.700. The van der Waals surface area contributed by atoms with Crippen LogP contribution in [-0.4, -0.2) is 20.2 Å². The van der Waals surface area contributed by atoms with Crippen molar-refractivity contribution in [2.24, 2.45) is 11.7 Å². The van der Waals surface area contributed by atoms with Crippen LogP contribution in [0, 0.1) is 5.92 Å². The van der Waals surface area contributed by atoms with E-state index in [1.54, 1.807) is 0 Å². The van der Waals surface area contributed by atoms with E-state index in [0.29, 0.717) is 23.3 Å². The summed E-state index contributed by atoms with van der Waals surface area (Å²) in [5, 5.41) is -0.202. The summed E-state index contributed by atoms with van der Waals surface area (Å²) >= 11 is 0. The predicted molar refractivity (Wildman–Crippen MR) is 98.9 cm³/mol. The van der Waals surface area contributed by atoms with Gasteiger partial charge in [0.1, 0.15) is 0 Å². The molecule has 1 aromatic carbocycles. The van der Waals surface area contributed by atoms with Gasteiger partial charge >= 0.3 is 0 Å². The third-order valence-corrected chi connectivity index (χ3v) is 8.37. The Morgan fingerprint density at radius 2 is 1.50 bits per heavy atom. The van der Waals surface area contributed by atoms with Gasteiger partial charge in [0.15, 0.2) is 9.84 Å². The van der Waals surface area contributed by atoms with Crippen molar-refractivity contribution in [3.05, 3.63) is 29.8 Å². The number of hydrogen-bond donors (Lipinski definition) is 1. The summed E-state index contributed by atoms with van der Waals surface area (Å²) in [6.45, 7) is 0.713. The molecule has 3 rings (SSSR count). The lowest BCUT2D eigenvalue weighted by Crippen LogP contribution is -2.28. The van der Waals surface area contributed by atoms with E-state index in [-0.39, 0.29) is 5.25 Å². The topological polar surface area (TPSA) is 60.2 Å². The molecule has 2 aliphatic rings. The molecule has 0 saturated heterocycles. The molecule has 3 nitrogen and oxygen atoms in total. The molecule has 2 aliphatic carbocycles. The van der Waals surface area contributed by atoms with Crippen LogP contribution in [0.4, 0.5) is 0 Å². The second kappa shape index (κ2) is 8.01. The van der Waals surface area contributed by atoms with Crippen LogP contribution in [0.3, 0.4) is 0 Å². The van der Waals surface area contributed by atoms with Gasteiger partial charge in [0.05, 0.1) is 10.1 Å². The average molecular weight is 350 g/mol. The Kier molecular flexibility index (Phi) is 5.98. The zero-order valence-electron chi connectivity index (χ0n) is 14.6. The van der Waals surface area contributed by atoms with Crippen molar-refractivity contribution in [2.45, 2.75) is 80.3 Å². The minimum atomic E-state index is -3.18. The van der Waals surface area contributed by atoms with Crippen LogP contribution in [-0.2, 0) is 9.84 Å². The van der Waals surface area contributed by atoms with Crippen molar-refractivity contribution >= 4 is 9.84 Å². The van der Waals surface area contributed by atoms with E-state index in [0.717, 1.165) is 32.1 Å². The minimum absolute atomic E-state index is 0.202. The lowest BCUT2D eigenvalue weighted by molar-refractivity contribution is 0.342. The van der Waals surface area contributed by atoms with Gasteiger partial charge in [-0.25, -0.2) is 8.42 Å². The lowest BCUT2D eigenvalue weighted by atomic mass is 9.84. The van der Waals surface area contributed by atoms with Gasteiger partial charge in [0, 0.05) is 0 Å². The van der Waals surface area contributed by atoms with Gasteiger partial charge in [0.25, 0.3) is 0 Å². The monoisotopic (exact) mass is 349 g/mol. The van der Waals surface area contributed by atoms with Crippen LogP contribution >= 0.6 is 0 Å². The Labute approximate surface area is 146 Å². The number of benzene rings is 1. The van der Waals surface area contributed by atoms with Crippen LogP contribution in [0.25, 0.3) is 0 Å². The van der Waals surface area contributed by atoms with Crippen molar-refractivity contribution in [1.82, 2.24) is 0 Å². The Morgan fingerprint density at radius 3 is 2.08 bits per heavy atom. The molecule has 0 atom stereocenters. The summed E-state index contributed by atoms with van der Waals surface area (Å²) in [5.41, 5.74) is 6.95. The van der Waals surface area contributed by atoms with Crippen molar-refractivity contribution in [1.29, 1.82) is 0 Å². The standard InChI is InChI=1S/C20H31NO2S/c21-15-14-16-6-10-19(11-7-16)24(22,23)20-12-8-18(9-13-20)17-4-2-1-3-5-17/h8-9,12-13,16-17,19H,1-7,10-11,14-15,21H2. The number of nitrogens with two attached hydrogens (primary N) is 1. The highest BCUT2D eigenvalue weighted by Crippen LogP contribution is 2.35. The van der Waals surface area contributed by atoms with Gasteiger partial charge in [-0.3, -0.25) is 0 Å². The highest BCUT2D eigenvalue weighted by atomic mass is 32.2. The quantitative estimate of drug-likeness (QED) is 0.856. The SMILES string of the molecule is NCCC1CCC(S(=O)(=O)c2ccc(C3CCCCC3)cc2)CC1. The largest absolute Gasteiger partial charge is 0.330 e. The maximum atomic E-state index is 12.9. The molecular weight excluding hydrogens is 318 g/mol. The number of rotatable bonds is 5. The second-order valence-electron chi connectivity index (χ2n) is 7.67. The average Bonchev–Trinajstić information content (AvgIpc) is 2.63. The maximum Gasteiger partial charge on any atom is 0.181 e. The van der Waals surface area contributed by atoms with Crippen molar-refractivity contribution in [2.75, 3.05) is 6.54 Å². The third-order valence-electron chi connectivity index (χ3n) is 6.09. The molecule has 0 aliphatic heterocycles. The van der Waals surface area contributed by atoms with Crippen LogP contribution in [0.2, 0.25) is 0 Å². The predicted octanol–water partition coefficient (Wildman–Crippen LogP) is 4.42. The van der Waals surface area contributed by atoms with E-state index in [2.05, 4.69) is 12.1 Å². The first-order chi connectivity index (χ1) is 11.6. The van der Waals surface area contributed by atoms with Gasteiger partial charge in [-0.05, 0) is 81.0 Å². The van der Waals surface area contributed by atoms with Crippen molar-refractivity contribution in [3.8, 4) is 0 Å². The van der Waals surface area contributed by atoms with Crippen LogP contribution in [0.1, 0.15) is 75.7 Å². The molecule has 24 heavy (non-hydrogen) atoms. The first-order valence-electron chi connectivity index (χ1n) is 9.65. The Bertz CT molecular complexity index is 610. The van der Waals surface area contributed by atoms with E-state index in [1.807, 2.05) is 12.1 Å². The molecule has 2 N–H and O–H groups in total. The Hall–Kier alpha value is -0.870. The summed E-state index contributed by atoms with van der Waals surface area (Å²) in [6.07, 6.45) is 11.1. The van der Waals surface area contributed by atoms with Gasteiger partial charge in [-0.2, -0.15) is 0 Å². The van der Waals surface area contributed by atoms with Gasteiger partial charge < -0.3 is 5.73 Å². The molecule has 0 amide bonds. The molecule has 0 radical (unpaired) electrons. The molecule has 0 aromatic heterocycles. The highest BCUT2D eigenvalue weighted by molar-refractivity contribution is 7.92. The smallest absolute Gasteiger partial charge is 0.181 e. The molecule has 134 valence electrons.